The molecule has 0 amide bonds. The third-order valence-electron chi connectivity index (χ3n) is 1.04. The highest BCUT2D eigenvalue weighted by Crippen LogP contribution is 2.21. The van der Waals surface area contributed by atoms with Gasteiger partial charge < -0.3 is 0 Å². The van der Waals surface area contributed by atoms with Crippen LogP contribution >= 0.6 is 0 Å². The Morgan fingerprint density at radius 1 is 1.60 bits per heavy atom. The Balaban J connectivity index is 3.74. The van der Waals surface area contributed by atoms with Gasteiger partial charge in [0.05, 0.1) is 0 Å². The van der Waals surface area contributed by atoms with Crippen LogP contribution in [0.5, 0.6) is 0 Å². The van der Waals surface area contributed by atoms with E-state index >= 15 is 0 Å². The molecule has 0 unspecified atom stereocenters. The van der Waals surface area contributed by atoms with Crippen LogP contribution in [0.1, 0.15) is 26.2 Å². The highest BCUT2D eigenvalue weighted by molar-refractivity contribution is 5.33. The Morgan fingerprint density at radius 3 is 2.60 bits per heavy atom. The van der Waals surface area contributed by atoms with Gasteiger partial charge in [-0.05, 0) is 6.42 Å². The van der Waals surface area contributed by atoms with Crippen molar-refractivity contribution in [2.24, 2.45) is 4.99 Å². The van der Waals surface area contributed by atoms with Crippen molar-refractivity contribution in [3.05, 3.63) is 0 Å². The lowest BCUT2D eigenvalue weighted by molar-refractivity contribution is 0.000264. The maximum atomic E-state index is 12.2. The van der Waals surface area contributed by atoms with Gasteiger partial charge in [0.1, 0.15) is 0 Å². The molecular weight excluding hydrogens is 140 g/mol. The van der Waals surface area contributed by atoms with Crippen LogP contribution < -0.4 is 0 Å². The minimum absolute atomic E-state index is 0.362. The third kappa shape index (κ3) is 4.15. The second kappa shape index (κ2) is 4.12. The van der Waals surface area contributed by atoms with Crippen molar-refractivity contribution in [2.45, 2.75) is 32.2 Å². The van der Waals surface area contributed by atoms with Crippen LogP contribution in [0.3, 0.4) is 0 Å². The fraction of sp³-hybridized carbons (Fsp3) is 0.833. The van der Waals surface area contributed by atoms with Gasteiger partial charge in [0.25, 0.3) is 0 Å². The van der Waals surface area contributed by atoms with Crippen LogP contribution in [0, 0.1) is 0 Å². The number of alkyl halides is 2. The second-order valence-corrected chi connectivity index (χ2v) is 1.97. The van der Waals surface area contributed by atoms with E-state index in [-0.39, 0.29) is 6.42 Å². The van der Waals surface area contributed by atoms with Gasteiger partial charge in [0.2, 0.25) is 6.08 Å². The predicted octanol–water partition coefficient (Wildman–Crippen LogP) is 2.11. The second-order valence-electron chi connectivity index (χ2n) is 1.97. The Hall–Kier alpha value is -0.760. The molecule has 0 fully saturated rings. The SMILES string of the molecule is CCCCC(F)(F)N=C=O. The third-order valence-corrected chi connectivity index (χ3v) is 1.04. The van der Waals surface area contributed by atoms with Gasteiger partial charge in [-0.3, -0.25) is 0 Å². The lowest BCUT2D eigenvalue weighted by atomic mass is 10.2. The lowest BCUT2D eigenvalue weighted by Crippen LogP contribution is -2.10. The number of isocyanates is 1. The summed E-state index contributed by atoms with van der Waals surface area (Å²) in [6.07, 6.45) is 1.52. The van der Waals surface area contributed by atoms with E-state index < -0.39 is 6.05 Å². The van der Waals surface area contributed by atoms with E-state index in [2.05, 4.69) is 4.99 Å². The smallest absolute Gasteiger partial charge is 0.211 e. The Morgan fingerprint density at radius 2 is 2.20 bits per heavy atom. The zero-order valence-electron chi connectivity index (χ0n) is 5.73. The Labute approximate surface area is 58.0 Å². The quantitative estimate of drug-likeness (QED) is 0.342. The summed E-state index contributed by atoms with van der Waals surface area (Å²) in [7, 11) is 0. The zero-order valence-corrected chi connectivity index (χ0v) is 5.73. The van der Waals surface area contributed by atoms with E-state index in [1.807, 2.05) is 0 Å². The standard InChI is InChI=1S/C6H9F2NO/c1-2-3-4-6(7,8)9-5-10/h2-4H2,1H3. The molecule has 0 aromatic rings. The summed E-state index contributed by atoms with van der Waals surface area (Å²) in [6, 6.07) is -3.20. The average Bonchev–Trinajstić information content (AvgIpc) is 1.84. The molecule has 0 aliphatic heterocycles. The van der Waals surface area contributed by atoms with E-state index in [1.54, 1.807) is 6.92 Å². The van der Waals surface area contributed by atoms with Crippen LogP contribution in [0.25, 0.3) is 0 Å². The fourth-order valence-corrected chi connectivity index (χ4v) is 0.512. The van der Waals surface area contributed by atoms with E-state index in [0.717, 1.165) is 6.08 Å². The van der Waals surface area contributed by atoms with Crippen molar-refractivity contribution in [2.75, 3.05) is 0 Å². The van der Waals surface area contributed by atoms with Crippen LogP contribution in [-0.2, 0) is 4.79 Å². The summed E-state index contributed by atoms with van der Waals surface area (Å²) in [6.45, 7) is 1.79. The molecule has 0 bridgehead atoms. The van der Waals surface area contributed by atoms with Crippen molar-refractivity contribution < 1.29 is 13.6 Å². The molecule has 0 aliphatic carbocycles. The van der Waals surface area contributed by atoms with Crippen molar-refractivity contribution in [3.8, 4) is 0 Å². The highest BCUT2D eigenvalue weighted by Gasteiger charge is 2.26. The molecule has 0 saturated heterocycles. The van der Waals surface area contributed by atoms with Crippen molar-refractivity contribution >= 4 is 6.08 Å². The molecule has 10 heavy (non-hydrogen) atoms. The molecule has 0 aliphatic rings. The molecule has 0 rings (SSSR count). The summed E-state index contributed by atoms with van der Waals surface area (Å²) in [5, 5.41) is 0. The molecule has 0 heterocycles. The van der Waals surface area contributed by atoms with E-state index in [0.29, 0.717) is 12.8 Å². The van der Waals surface area contributed by atoms with Crippen molar-refractivity contribution in [1.82, 2.24) is 0 Å². The van der Waals surface area contributed by atoms with Crippen LogP contribution in [0.2, 0.25) is 0 Å². The number of unbranched alkanes of at least 4 members (excludes halogenated alkanes) is 1. The molecule has 0 saturated carbocycles. The molecule has 58 valence electrons. The molecule has 0 atom stereocenters. The first kappa shape index (κ1) is 9.24. The summed E-state index contributed by atoms with van der Waals surface area (Å²) >= 11 is 0. The minimum atomic E-state index is -3.20. The van der Waals surface area contributed by atoms with Gasteiger partial charge in [0.15, 0.2) is 0 Å². The Kier molecular flexibility index (Phi) is 3.81. The maximum Gasteiger partial charge on any atom is 0.351 e. The van der Waals surface area contributed by atoms with E-state index in [9.17, 15) is 13.6 Å². The molecule has 0 N–H and O–H groups in total. The predicted molar refractivity (Wildman–Crippen MR) is 32.6 cm³/mol. The van der Waals surface area contributed by atoms with Gasteiger partial charge in [-0.1, -0.05) is 13.3 Å². The van der Waals surface area contributed by atoms with Crippen molar-refractivity contribution in [3.63, 3.8) is 0 Å². The first-order chi connectivity index (χ1) is 4.62. The number of hydrogen-bond acceptors (Lipinski definition) is 2. The topological polar surface area (TPSA) is 29.4 Å². The first-order valence-corrected chi connectivity index (χ1v) is 3.09. The summed E-state index contributed by atoms with van der Waals surface area (Å²) in [4.78, 5) is 11.8. The van der Waals surface area contributed by atoms with Crippen LogP contribution in [-0.4, -0.2) is 12.1 Å². The monoisotopic (exact) mass is 149 g/mol. The maximum absolute atomic E-state index is 12.2. The average molecular weight is 149 g/mol. The van der Waals surface area contributed by atoms with Crippen LogP contribution in [0.4, 0.5) is 8.78 Å². The molecule has 0 aromatic heterocycles. The molecule has 0 aromatic carbocycles. The van der Waals surface area contributed by atoms with Gasteiger partial charge in [0, 0.05) is 6.42 Å². The van der Waals surface area contributed by atoms with Gasteiger partial charge in [-0.15, -0.1) is 4.99 Å². The lowest BCUT2D eigenvalue weighted by Gasteiger charge is -2.05. The first-order valence-electron chi connectivity index (χ1n) is 3.09. The summed E-state index contributed by atoms with van der Waals surface area (Å²) in [5.41, 5.74) is 0. The molecule has 0 spiro atoms. The van der Waals surface area contributed by atoms with Crippen LogP contribution in [0.15, 0.2) is 4.99 Å². The number of rotatable bonds is 4. The fourth-order valence-electron chi connectivity index (χ4n) is 0.512. The van der Waals surface area contributed by atoms with Crippen molar-refractivity contribution in [1.29, 1.82) is 0 Å². The number of aliphatic imine (C=N–C) groups is 1. The summed E-state index contributed by atoms with van der Waals surface area (Å²) in [5.74, 6) is 0. The normalized spacial score (nSPS) is 10.7. The van der Waals surface area contributed by atoms with E-state index in [1.165, 1.54) is 0 Å². The number of carbonyl (C=O) groups excluding carboxylic acids is 1. The van der Waals surface area contributed by atoms with Gasteiger partial charge in [-0.25, -0.2) is 4.79 Å². The minimum Gasteiger partial charge on any atom is -0.211 e. The number of nitrogens with zero attached hydrogens (tertiary/aromatic N) is 1. The largest absolute Gasteiger partial charge is 0.351 e. The van der Waals surface area contributed by atoms with Gasteiger partial charge in [-0.2, -0.15) is 8.78 Å². The Bertz CT molecular complexity index is 141. The molecule has 4 heteroatoms. The number of halogens is 2. The number of hydrogen-bond donors (Lipinski definition) is 0. The molecule has 2 nitrogen and oxygen atoms in total. The van der Waals surface area contributed by atoms with Gasteiger partial charge >= 0.3 is 6.05 Å². The zero-order chi connectivity index (χ0) is 8.04. The summed E-state index contributed by atoms with van der Waals surface area (Å²) < 4.78 is 24.4. The molecule has 0 radical (unpaired) electrons. The van der Waals surface area contributed by atoms with E-state index in [4.69, 9.17) is 0 Å². The molecular formula is C6H9F2NO. The highest BCUT2D eigenvalue weighted by atomic mass is 19.3.